The van der Waals surface area contributed by atoms with Gasteiger partial charge in [-0.2, -0.15) is 0 Å². The predicted molar refractivity (Wildman–Crippen MR) is 65.1 cm³/mol. The SMILES string of the molecule is Oc1c(Br)cc(F)cc1CC1CCCCN1. The van der Waals surface area contributed by atoms with E-state index in [1.54, 1.807) is 0 Å². The second kappa shape index (κ2) is 5.15. The number of rotatable bonds is 2. The van der Waals surface area contributed by atoms with Crippen LogP contribution in [0.15, 0.2) is 16.6 Å². The molecule has 0 spiro atoms. The number of phenols is 1. The van der Waals surface area contributed by atoms with Crippen LogP contribution in [0, 0.1) is 5.82 Å². The Kier molecular flexibility index (Phi) is 3.82. The lowest BCUT2D eigenvalue weighted by atomic mass is 9.97. The van der Waals surface area contributed by atoms with Gasteiger partial charge in [0.15, 0.2) is 0 Å². The topological polar surface area (TPSA) is 32.3 Å². The lowest BCUT2D eigenvalue weighted by molar-refractivity contribution is 0.390. The van der Waals surface area contributed by atoms with E-state index in [9.17, 15) is 9.50 Å². The number of piperidine rings is 1. The van der Waals surface area contributed by atoms with E-state index in [2.05, 4.69) is 21.2 Å². The third-order valence-corrected chi connectivity index (χ3v) is 3.59. The molecule has 0 amide bonds. The molecule has 0 aromatic heterocycles. The molecule has 2 N–H and O–H groups in total. The van der Waals surface area contributed by atoms with Gasteiger partial charge in [0, 0.05) is 6.04 Å². The minimum atomic E-state index is -0.310. The second-order valence-electron chi connectivity index (χ2n) is 4.25. The highest BCUT2D eigenvalue weighted by Gasteiger charge is 2.16. The zero-order chi connectivity index (χ0) is 11.5. The van der Waals surface area contributed by atoms with Crippen molar-refractivity contribution in [1.82, 2.24) is 5.32 Å². The summed E-state index contributed by atoms with van der Waals surface area (Å²) in [5.74, 6) is -0.149. The van der Waals surface area contributed by atoms with E-state index in [1.807, 2.05) is 0 Å². The van der Waals surface area contributed by atoms with Crippen LogP contribution < -0.4 is 5.32 Å². The average molecular weight is 288 g/mol. The number of nitrogens with one attached hydrogen (secondary N) is 1. The molecule has 1 atom stereocenters. The Morgan fingerprint density at radius 1 is 1.44 bits per heavy atom. The third kappa shape index (κ3) is 2.74. The quantitative estimate of drug-likeness (QED) is 0.877. The largest absolute Gasteiger partial charge is 0.506 e. The van der Waals surface area contributed by atoms with E-state index in [-0.39, 0.29) is 11.6 Å². The molecule has 0 radical (unpaired) electrons. The van der Waals surface area contributed by atoms with Crippen molar-refractivity contribution < 1.29 is 9.50 Å². The van der Waals surface area contributed by atoms with Gasteiger partial charge in [-0.25, -0.2) is 4.39 Å². The van der Waals surface area contributed by atoms with Crippen molar-refractivity contribution in [2.24, 2.45) is 0 Å². The Morgan fingerprint density at radius 3 is 2.94 bits per heavy atom. The zero-order valence-electron chi connectivity index (χ0n) is 8.97. The summed E-state index contributed by atoms with van der Waals surface area (Å²) in [6.07, 6.45) is 4.18. The van der Waals surface area contributed by atoms with Crippen molar-refractivity contribution in [3.63, 3.8) is 0 Å². The van der Waals surface area contributed by atoms with E-state index in [0.717, 1.165) is 13.0 Å². The number of phenolic OH excluding ortho intramolecular Hbond substituents is 1. The Morgan fingerprint density at radius 2 is 2.25 bits per heavy atom. The number of hydrogen-bond acceptors (Lipinski definition) is 2. The van der Waals surface area contributed by atoms with Crippen molar-refractivity contribution in [3.05, 3.63) is 28.0 Å². The maximum atomic E-state index is 13.2. The lowest BCUT2D eigenvalue weighted by Crippen LogP contribution is -2.35. The molecule has 88 valence electrons. The molecule has 1 heterocycles. The van der Waals surface area contributed by atoms with Gasteiger partial charge in [-0.05, 0) is 59.4 Å². The summed E-state index contributed by atoms with van der Waals surface area (Å²) >= 11 is 3.15. The number of aromatic hydroxyl groups is 1. The Bertz CT molecular complexity index is 378. The van der Waals surface area contributed by atoms with Crippen molar-refractivity contribution in [2.75, 3.05) is 6.54 Å². The highest BCUT2D eigenvalue weighted by Crippen LogP contribution is 2.30. The van der Waals surface area contributed by atoms with Crippen LogP contribution in [0.4, 0.5) is 4.39 Å². The summed E-state index contributed by atoms with van der Waals surface area (Å²) in [6, 6.07) is 3.05. The maximum Gasteiger partial charge on any atom is 0.133 e. The average Bonchev–Trinajstić information content (AvgIpc) is 2.27. The molecule has 16 heavy (non-hydrogen) atoms. The fourth-order valence-corrected chi connectivity index (χ4v) is 2.61. The first kappa shape index (κ1) is 11.9. The predicted octanol–water partition coefficient (Wildman–Crippen LogP) is 2.98. The first-order valence-corrected chi connectivity index (χ1v) is 6.36. The maximum absolute atomic E-state index is 13.2. The summed E-state index contributed by atoms with van der Waals surface area (Å²) in [5, 5.41) is 13.2. The van der Waals surface area contributed by atoms with Gasteiger partial charge >= 0.3 is 0 Å². The number of hydrogen-bond donors (Lipinski definition) is 2. The number of halogens is 2. The summed E-state index contributed by atoms with van der Waals surface area (Å²) in [5.41, 5.74) is 0.672. The summed E-state index contributed by atoms with van der Waals surface area (Å²) < 4.78 is 13.6. The van der Waals surface area contributed by atoms with Gasteiger partial charge in [-0.15, -0.1) is 0 Å². The standard InChI is InChI=1S/C12H15BrFNO/c13-11-7-9(14)5-8(12(11)16)6-10-3-1-2-4-15-10/h5,7,10,15-16H,1-4,6H2. The fraction of sp³-hybridized carbons (Fsp3) is 0.500. The number of benzene rings is 1. The van der Waals surface area contributed by atoms with Gasteiger partial charge in [-0.1, -0.05) is 6.42 Å². The highest BCUT2D eigenvalue weighted by molar-refractivity contribution is 9.10. The summed E-state index contributed by atoms with van der Waals surface area (Å²) in [4.78, 5) is 0. The van der Waals surface area contributed by atoms with Crippen LogP contribution in [0.2, 0.25) is 0 Å². The van der Waals surface area contributed by atoms with E-state index >= 15 is 0 Å². The molecule has 1 aliphatic heterocycles. The van der Waals surface area contributed by atoms with Crippen LogP contribution in [0.5, 0.6) is 5.75 Å². The highest BCUT2D eigenvalue weighted by atomic mass is 79.9. The van der Waals surface area contributed by atoms with Crippen molar-refractivity contribution in [2.45, 2.75) is 31.7 Å². The molecule has 0 bridgehead atoms. The van der Waals surface area contributed by atoms with Crippen LogP contribution in [-0.2, 0) is 6.42 Å². The minimum absolute atomic E-state index is 0.161. The summed E-state index contributed by atoms with van der Waals surface area (Å²) in [7, 11) is 0. The van der Waals surface area contributed by atoms with Crippen LogP contribution in [-0.4, -0.2) is 17.7 Å². The van der Waals surface area contributed by atoms with Gasteiger partial charge < -0.3 is 10.4 Å². The van der Waals surface area contributed by atoms with Crippen molar-refractivity contribution in [1.29, 1.82) is 0 Å². The molecule has 1 unspecified atom stereocenters. The molecule has 0 saturated carbocycles. The van der Waals surface area contributed by atoms with E-state index in [0.29, 0.717) is 22.5 Å². The smallest absolute Gasteiger partial charge is 0.133 e. The van der Waals surface area contributed by atoms with E-state index < -0.39 is 0 Å². The van der Waals surface area contributed by atoms with E-state index in [4.69, 9.17) is 0 Å². The normalized spacial score (nSPS) is 21.0. The van der Waals surface area contributed by atoms with Crippen molar-refractivity contribution in [3.8, 4) is 5.75 Å². The van der Waals surface area contributed by atoms with Crippen LogP contribution in [0.1, 0.15) is 24.8 Å². The molecule has 2 rings (SSSR count). The van der Waals surface area contributed by atoms with Gasteiger partial charge in [0.1, 0.15) is 11.6 Å². The lowest BCUT2D eigenvalue weighted by Gasteiger charge is -2.23. The molecular formula is C12H15BrFNO. The molecule has 1 aromatic carbocycles. The third-order valence-electron chi connectivity index (χ3n) is 2.99. The fourth-order valence-electron chi connectivity index (χ4n) is 2.14. The molecule has 2 nitrogen and oxygen atoms in total. The molecular weight excluding hydrogens is 273 g/mol. The van der Waals surface area contributed by atoms with Gasteiger partial charge in [0.05, 0.1) is 4.47 Å². The molecule has 0 aliphatic carbocycles. The first-order chi connectivity index (χ1) is 7.66. The Hall–Kier alpha value is -0.610. The molecule has 1 aromatic rings. The monoisotopic (exact) mass is 287 g/mol. The van der Waals surface area contributed by atoms with Gasteiger partial charge in [-0.3, -0.25) is 0 Å². The molecule has 1 aliphatic rings. The molecule has 1 fully saturated rings. The van der Waals surface area contributed by atoms with Gasteiger partial charge in [0.2, 0.25) is 0 Å². The van der Waals surface area contributed by atoms with Crippen LogP contribution >= 0.6 is 15.9 Å². The zero-order valence-corrected chi connectivity index (χ0v) is 10.6. The van der Waals surface area contributed by atoms with Crippen molar-refractivity contribution >= 4 is 15.9 Å². The first-order valence-electron chi connectivity index (χ1n) is 5.57. The Balaban J connectivity index is 2.13. The second-order valence-corrected chi connectivity index (χ2v) is 5.10. The van der Waals surface area contributed by atoms with E-state index in [1.165, 1.54) is 25.0 Å². The molecule has 4 heteroatoms. The Labute approximate surface area is 103 Å². The minimum Gasteiger partial charge on any atom is -0.506 e. The van der Waals surface area contributed by atoms with Crippen LogP contribution in [0.25, 0.3) is 0 Å². The van der Waals surface area contributed by atoms with Gasteiger partial charge in [0.25, 0.3) is 0 Å². The summed E-state index contributed by atoms with van der Waals surface area (Å²) in [6.45, 7) is 1.02. The molecule has 1 saturated heterocycles. The van der Waals surface area contributed by atoms with Crippen LogP contribution in [0.3, 0.4) is 0 Å².